The van der Waals surface area contributed by atoms with Crippen LogP contribution in [0.5, 0.6) is 11.5 Å². The van der Waals surface area contributed by atoms with Gasteiger partial charge in [-0.1, -0.05) is 43.3 Å². The van der Waals surface area contributed by atoms with Crippen molar-refractivity contribution in [2.45, 2.75) is 52.6 Å². The lowest BCUT2D eigenvalue weighted by Gasteiger charge is -2.22. The zero-order valence-electron chi connectivity index (χ0n) is 19.5. The number of aliphatic hydroxyl groups is 1. The highest BCUT2D eigenvalue weighted by Crippen LogP contribution is 2.33. The van der Waals surface area contributed by atoms with Crippen LogP contribution >= 0.6 is 0 Å². The molecule has 2 N–H and O–H groups in total. The lowest BCUT2D eigenvalue weighted by atomic mass is 9.84. The Morgan fingerprint density at radius 1 is 1.06 bits per heavy atom. The second-order valence-corrected chi connectivity index (χ2v) is 8.95. The quantitative estimate of drug-likeness (QED) is 0.303. The van der Waals surface area contributed by atoms with Crippen LogP contribution in [-0.2, 0) is 24.2 Å². The van der Waals surface area contributed by atoms with Gasteiger partial charge in [0.05, 0.1) is 11.5 Å². The van der Waals surface area contributed by atoms with Crippen molar-refractivity contribution < 1.29 is 19.4 Å². The maximum Gasteiger partial charge on any atom is 0.306 e. The van der Waals surface area contributed by atoms with Crippen molar-refractivity contribution >= 4 is 5.97 Å². The number of rotatable bonds is 9. The second kappa shape index (κ2) is 10.6. The van der Waals surface area contributed by atoms with Crippen molar-refractivity contribution in [3.63, 3.8) is 0 Å². The molecule has 1 aliphatic rings. The van der Waals surface area contributed by atoms with Crippen molar-refractivity contribution in [2.24, 2.45) is 5.92 Å². The molecule has 3 aromatic rings. The minimum Gasteiger partial charge on any atom is -0.582 e. The number of carbonyl (C=O) groups is 1. The fourth-order valence-corrected chi connectivity index (χ4v) is 4.36. The Bertz CT molecular complexity index is 1100. The number of hydrogen-bond donors (Lipinski definition) is 1. The van der Waals surface area contributed by atoms with Gasteiger partial charge in [0.25, 0.3) is 5.75 Å². The van der Waals surface area contributed by atoms with Crippen molar-refractivity contribution in [3.05, 3.63) is 82.9 Å². The Hall–Kier alpha value is -3.27. The summed E-state index contributed by atoms with van der Waals surface area (Å²) in [6.45, 7) is 5.65. The SMILES string of the molecule is CCCC[OH+]c1ccc(C)cc1-c1ccc(COc2ccc3c(c2)CCC(C(=O)O)C3)cc1. The first-order valence-electron chi connectivity index (χ1n) is 11.9. The first-order valence-corrected chi connectivity index (χ1v) is 11.9. The van der Waals surface area contributed by atoms with E-state index in [1.807, 2.05) is 12.1 Å². The summed E-state index contributed by atoms with van der Waals surface area (Å²) in [5.74, 6) is 0.924. The van der Waals surface area contributed by atoms with Crippen LogP contribution in [-0.4, -0.2) is 22.4 Å². The predicted octanol–water partition coefficient (Wildman–Crippen LogP) is 6.47. The zero-order valence-corrected chi connectivity index (χ0v) is 19.5. The summed E-state index contributed by atoms with van der Waals surface area (Å²) in [5, 5.41) is 9.27. The summed E-state index contributed by atoms with van der Waals surface area (Å²) in [7, 11) is 0. The molecule has 0 spiro atoms. The number of aliphatic carboxylic acids is 1. The van der Waals surface area contributed by atoms with Crippen LogP contribution in [0.2, 0.25) is 0 Å². The van der Waals surface area contributed by atoms with Crippen molar-refractivity contribution in [3.8, 4) is 22.6 Å². The molecule has 1 atom stereocenters. The molecule has 172 valence electrons. The number of benzene rings is 3. The van der Waals surface area contributed by atoms with Gasteiger partial charge in [0, 0.05) is 12.5 Å². The Balaban J connectivity index is 1.41. The van der Waals surface area contributed by atoms with E-state index in [9.17, 15) is 9.90 Å². The maximum absolute atomic E-state index is 11.3. The molecule has 0 bridgehead atoms. The number of carboxylic acid groups (broad SMARTS) is 1. The van der Waals surface area contributed by atoms with Gasteiger partial charge in [-0.05, 0) is 78.6 Å². The monoisotopic (exact) mass is 445 g/mol. The minimum atomic E-state index is -0.697. The van der Waals surface area contributed by atoms with Crippen LogP contribution < -0.4 is 4.74 Å². The molecule has 0 aliphatic heterocycles. The molecule has 0 radical (unpaired) electrons. The van der Waals surface area contributed by atoms with E-state index in [1.165, 1.54) is 22.3 Å². The minimum absolute atomic E-state index is 0.267. The molecule has 0 aromatic heterocycles. The normalized spacial score (nSPS) is 15.0. The smallest absolute Gasteiger partial charge is 0.306 e. The third kappa shape index (κ3) is 5.75. The van der Waals surface area contributed by atoms with Crippen molar-refractivity contribution in [2.75, 3.05) is 6.61 Å². The van der Waals surface area contributed by atoms with Gasteiger partial charge in [-0.25, -0.2) is 0 Å². The Morgan fingerprint density at radius 3 is 2.64 bits per heavy atom. The van der Waals surface area contributed by atoms with E-state index in [4.69, 9.17) is 9.47 Å². The van der Waals surface area contributed by atoms with Gasteiger partial charge in [-0.2, -0.15) is 0 Å². The molecular formula is C29H33O4+. The molecule has 4 nitrogen and oxygen atoms in total. The van der Waals surface area contributed by atoms with Gasteiger partial charge in [-0.15, -0.1) is 0 Å². The van der Waals surface area contributed by atoms with Crippen LogP contribution in [0.15, 0.2) is 60.7 Å². The molecule has 0 fully saturated rings. The van der Waals surface area contributed by atoms with Crippen LogP contribution in [0, 0.1) is 12.8 Å². The molecule has 4 heteroatoms. The lowest BCUT2D eigenvalue weighted by Crippen LogP contribution is -2.22. The molecule has 0 amide bonds. The molecular weight excluding hydrogens is 412 g/mol. The average molecular weight is 446 g/mol. The molecule has 0 saturated heterocycles. The van der Waals surface area contributed by atoms with E-state index in [0.29, 0.717) is 19.4 Å². The molecule has 4 rings (SSSR count). The fraction of sp³-hybridized carbons (Fsp3) is 0.345. The van der Waals surface area contributed by atoms with Crippen molar-refractivity contribution in [1.29, 1.82) is 0 Å². The number of carboxylic acids is 1. The van der Waals surface area contributed by atoms with Gasteiger partial charge in [0.1, 0.15) is 12.4 Å². The van der Waals surface area contributed by atoms with Crippen LogP contribution in [0.4, 0.5) is 0 Å². The second-order valence-electron chi connectivity index (χ2n) is 8.95. The molecule has 33 heavy (non-hydrogen) atoms. The van der Waals surface area contributed by atoms with E-state index in [1.54, 1.807) is 0 Å². The number of aromatic hydroxyl groups is 1. The molecule has 3 aromatic carbocycles. The summed E-state index contributed by atoms with van der Waals surface area (Å²) >= 11 is 0. The van der Waals surface area contributed by atoms with Gasteiger partial charge < -0.3 is 14.6 Å². The summed E-state index contributed by atoms with van der Waals surface area (Å²) in [5.41, 5.74) is 7.02. The third-order valence-corrected chi connectivity index (χ3v) is 6.37. The van der Waals surface area contributed by atoms with E-state index in [0.717, 1.165) is 48.5 Å². The van der Waals surface area contributed by atoms with Gasteiger partial charge in [0.2, 0.25) is 0 Å². The third-order valence-electron chi connectivity index (χ3n) is 6.37. The zero-order chi connectivity index (χ0) is 23.2. The summed E-state index contributed by atoms with van der Waals surface area (Å²) in [6.07, 6.45) is 4.34. The Labute approximate surface area is 196 Å². The van der Waals surface area contributed by atoms with Crippen LogP contribution in [0.25, 0.3) is 11.1 Å². The topological polar surface area (TPSA) is 59.3 Å². The Kier molecular flexibility index (Phi) is 7.33. The molecule has 1 aliphatic carbocycles. The number of unbranched alkanes of at least 4 members (excludes halogenated alkanes) is 1. The van der Waals surface area contributed by atoms with Crippen molar-refractivity contribution in [1.82, 2.24) is 0 Å². The molecule has 0 saturated carbocycles. The summed E-state index contributed by atoms with van der Waals surface area (Å²) < 4.78 is 10.9. The standard InChI is InChI=1S/C29H32O4/c1-3-4-15-32-28-14-5-20(2)16-27(28)22-8-6-21(7-9-22)19-33-26-13-12-23-17-25(29(30)31)11-10-24(23)18-26/h5-9,12-14,16,18,25H,3-4,10-11,15,17,19H2,1-2H3,(H,30,31)/p+1. The lowest BCUT2D eigenvalue weighted by molar-refractivity contribution is -0.142. The van der Waals surface area contributed by atoms with E-state index >= 15 is 0 Å². The van der Waals surface area contributed by atoms with Gasteiger partial charge in [0.15, 0.2) is 6.61 Å². The predicted molar refractivity (Wildman–Crippen MR) is 132 cm³/mol. The largest absolute Gasteiger partial charge is 0.582 e. The fourth-order valence-electron chi connectivity index (χ4n) is 4.36. The Morgan fingerprint density at radius 2 is 1.88 bits per heavy atom. The van der Waals surface area contributed by atoms with Gasteiger partial charge in [-0.3, -0.25) is 4.79 Å². The highest BCUT2D eigenvalue weighted by Gasteiger charge is 2.24. The average Bonchev–Trinajstić information content (AvgIpc) is 2.83. The summed E-state index contributed by atoms with van der Waals surface area (Å²) in [6, 6.07) is 21.0. The number of fused-ring (bicyclic) bond motifs is 1. The maximum atomic E-state index is 11.3. The van der Waals surface area contributed by atoms with E-state index < -0.39 is 5.97 Å². The van der Waals surface area contributed by atoms with Crippen LogP contribution in [0.1, 0.15) is 48.4 Å². The highest BCUT2D eigenvalue weighted by atomic mass is 16.5. The number of ether oxygens (including phenoxy) is 2. The highest BCUT2D eigenvalue weighted by molar-refractivity contribution is 5.71. The molecule has 0 heterocycles. The number of aryl methyl sites for hydroxylation is 2. The van der Waals surface area contributed by atoms with E-state index in [2.05, 4.69) is 62.4 Å². The molecule has 1 unspecified atom stereocenters. The summed E-state index contributed by atoms with van der Waals surface area (Å²) in [4.78, 5) is 11.3. The first-order chi connectivity index (χ1) is 16.0. The first kappa shape index (κ1) is 22.9. The van der Waals surface area contributed by atoms with Crippen LogP contribution in [0.3, 0.4) is 0 Å². The van der Waals surface area contributed by atoms with Gasteiger partial charge >= 0.3 is 5.97 Å². The number of hydrogen-bond acceptors (Lipinski definition) is 2. The van der Waals surface area contributed by atoms with E-state index in [-0.39, 0.29) is 5.92 Å².